The Hall–Kier alpha value is -1.63. The average molecular weight is 420 g/mol. The van der Waals surface area contributed by atoms with Crippen molar-refractivity contribution in [3.63, 3.8) is 0 Å². The fourth-order valence-corrected chi connectivity index (χ4v) is 3.55. The molecule has 1 aromatic carbocycles. The molecule has 0 unspecified atom stereocenters. The van der Waals surface area contributed by atoms with E-state index in [1.807, 2.05) is 16.8 Å². The van der Waals surface area contributed by atoms with E-state index >= 15 is 0 Å². The number of amides is 1. The molecular formula is C20H26BrN3O2. The molecule has 0 atom stereocenters. The zero-order valence-corrected chi connectivity index (χ0v) is 17.0. The number of rotatable bonds is 6. The molecule has 1 aromatic heterocycles. The molecule has 1 amide bonds. The predicted molar refractivity (Wildman–Crippen MR) is 106 cm³/mol. The Balaban J connectivity index is 1.55. The van der Waals surface area contributed by atoms with Crippen molar-refractivity contribution in [2.75, 3.05) is 26.3 Å². The third-order valence-corrected chi connectivity index (χ3v) is 5.02. The van der Waals surface area contributed by atoms with Crippen molar-refractivity contribution < 1.29 is 9.53 Å². The molecule has 2 aromatic rings. The number of hydrogen-bond donors (Lipinski definition) is 1. The number of benzene rings is 1. The molecule has 1 aliphatic heterocycles. The van der Waals surface area contributed by atoms with Crippen molar-refractivity contribution in [3.05, 3.63) is 57.8 Å². The number of nitrogens with zero attached hydrogens (tertiary/aromatic N) is 2. The van der Waals surface area contributed by atoms with Crippen LogP contribution in [0, 0.1) is 0 Å². The van der Waals surface area contributed by atoms with Gasteiger partial charge in [0.1, 0.15) is 5.69 Å². The quantitative estimate of drug-likeness (QED) is 0.777. The highest BCUT2D eigenvalue weighted by atomic mass is 79.9. The summed E-state index contributed by atoms with van der Waals surface area (Å²) in [5, 5.41) is 3.02. The number of halogens is 1. The molecule has 6 heteroatoms. The second-order valence-corrected chi connectivity index (χ2v) is 7.85. The maximum Gasteiger partial charge on any atom is 0.268 e. The van der Waals surface area contributed by atoms with E-state index in [1.54, 1.807) is 0 Å². The third kappa shape index (κ3) is 4.96. The van der Waals surface area contributed by atoms with Gasteiger partial charge in [-0.05, 0) is 47.0 Å². The van der Waals surface area contributed by atoms with Crippen molar-refractivity contribution in [1.29, 1.82) is 0 Å². The van der Waals surface area contributed by atoms with E-state index < -0.39 is 0 Å². The van der Waals surface area contributed by atoms with Crippen LogP contribution in [-0.4, -0.2) is 41.7 Å². The number of ether oxygens (including phenoxy) is 1. The van der Waals surface area contributed by atoms with E-state index in [1.165, 1.54) is 5.56 Å². The maximum absolute atomic E-state index is 12.5. The van der Waals surface area contributed by atoms with Gasteiger partial charge in [-0.2, -0.15) is 0 Å². The third-order valence-electron chi connectivity index (χ3n) is 4.59. The topological polar surface area (TPSA) is 46.5 Å². The number of carbonyl (C=O) groups is 1. The summed E-state index contributed by atoms with van der Waals surface area (Å²) in [6.07, 6.45) is 1.94. The van der Waals surface area contributed by atoms with Crippen molar-refractivity contribution in [1.82, 2.24) is 14.8 Å². The number of morpholine rings is 1. The maximum atomic E-state index is 12.5. The van der Waals surface area contributed by atoms with E-state index in [4.69, 9.17) is 4.74 Å². The Bertz CT molecular complexity index is 734. The van der Waals surface area contributed by atoms with E-state index in [9.17, 15) is 4.79 Å². The van der Waals surface area contributed by atoms with Gasteiger partial charge in [-0.1, -0.05) is 24.3 Å². The molecule has 0 saturated carbocycles. The standard InChI is InChI=1S/C20H26BrN3O2/c1-15(2)24-14-18(21)11-19(24)20(25)22-12-16-3-5-17(6-4-16)13-23-7-9-26-10-8-23/h3-6,11,14-15H,7-10,12-13H2,1-2H3,(H,22,25). The second kappa shape index (κ2) is 8.84. The Kier molecular flexibility index (Phi) is 6.51. The van der Waals surface area contributed by atoms with Gasteiger partial charge >= 0.3 is 0 Å². The summed E-state index contributed by atoms with van der Waals surface area (Å²) >= 11 is 3.45. The predicted octanol–water partition coefficient (Wildman–Crippen LogP) is 3.59. The normalized spacial score (nSPS) is 15.4. The smallest absolute Gasteiger partial charge is 0.268 e. The van der Waals surface area contributed by atoms with Gasteiger partial charge in [0.25, 0.3) is 5.91 Å². The van der Waals surface area contributed by atoms with Crippen LogP contribution in [0.1, 0.15) is 41.5 Å². The van der Waals surface area contributed by atoms with Gasteiger partial charge in [0.05, 0.1) is 13.2 Å². The molecule has 0 bridgehead atoms. The highest BCUT2D eigenvalue weighted by molar-refractivity contribution is 9.10. The summed E-state index contributed by atoms with van der Waals surface area (Å²) in [6, 6.07) is 10.6. The highest BCUT2D eigenvalue weighted by Crippen LogP contribution is 2.19. The van der Waals surface area contributed by atoms with Gasteiger partial charge in [0, 0.05) is 42.9 Å². The highest BCUT2D eigenvalue weighted by Gasteiger charge is 2.15. The number of carbonyl (C=O) groups excluding carboxylic acids is 1. The summed E-state index contributed by atoms with van der Waals surface area (Å²) in [7, 11) is 0. The first-order chi connectivity index (χ1) is 12.5. The molecule has 1 fully saturated rings. The van der Waals surface area contributed by atoms with Crippen LogP contribution in [0.2, 0.25) is 0 Å². The fraction of sp³-hybridized carbons (Fsp3) is 0.450. The molecule has 0 radical (unpaired) electrons. The lowest BCUT2D eigenvalue weighted by Gasteiger charge is -2.26. The molecule has 140 valence electrons. The molecule has 0 aliphatic carbocycles. The Morgan fingerprint density at radius 3 is 2.50 bits per heavy atom. The van der Waals surface area contributed by atoms with Crippen LogP contribution in [0.5, 0.6) is 0 Å². The summed E-state index contributed by atoms with van der Waals surface area (Å²) in [6.45, 7) is 9.22. The zero-order valence-electron chi connectivity index (χ0n) is 15.4. The first-order valence-corrected chi connectivity index (χ1v) is 9.85. The van der Waals surface area contributed by atoms with Gasteiger partial charge in [-0.3, -0.25) is 9.69 Å². The molecule has 1 saturated heterocycles. The molecule has 5 nitrogen and oxygen atoms in total. The number of hydrogen-bond acceptors (Lipinski definition) is 3. The molecule has 2 heterocycles. The van der Waals surface area contributed by atoms with Crippen LogP contribution >= 0.6 is 15.9 Å². The van der Waals surface area contributed by atoms with E-state index in [0.717, 1.165) is 42.9 Å². The summed E-state index contributed by atoms with van der Waals surface area (Å²) < 4.78 is 8.28. The van der Waals surface area contributed by atoms with Crippen LogP contribution in [0.3, 0.4) is 0 Å². The van der Waals surface area contributed by atoms with E-state index in [2.05, 4.69) is 64.3 Å². The van der Waals surface area contributed by atoms with Crippen LogP contribution in [0.4, 0.5) is 0 Å². The minimum atomic E-state index is -0.0539. The molecule has 1 N–H and O–H groups in total. The van der Waals surface area contributed by atoms with Crippen molar-refractivity contribution in [2.24, 2.45) is 0 Å². The van der Waals surface area contributed by atoms with Crippen LogP contribution in [0.15, 0.2) is 41.0 Å². The molecule has 0 spiro atoms. The molecule has 26 heavy (non-hydrogen) atoms. The van der Waals surface area contributed by atoms with Crippen molar-refractivity contribution in [3.8, 4) is 0 Å². The Morgan fingerprint density at radius 1 is 1.19 bits per heavy atom. The zero-order chi connectivity index (χ0) is 18.5. The van der Waals surface area contributed by atoms with E-state index in [0.29, 0.717) is 12.2 Å². The Labute approximate surface area is 163 Å². The van der Waals surface area contributed by atoms with Crippen molar-refractivity contribution in [2.45, 2.75) is 33.0 Å². The minimum Gasteiger partial charge on any atom is -0.379 e. The lowest BCUT2D eigenvalue weighted by Crippen LogP contribution is -2.35. The van der Waals surface area contributed by atoms with Crippen LogP contribution < -0.4 is 5.32 Å². The largest absolute Gasteiger partial charge is 0.379 e. The average Bonchev–Trinajstić information content (AvgIpc) is 3.04. The van der Waals surface area contributed by atoms with Gasteiger partial charge in [0.15, 0.2) is 0 Å². The first-order valence-electron chi connectivity index (χ1n) is 9.06. The van der Waals surface area contributed by atoms with Crippen LogP contribution in [0.25, 0.3) is 0 Å². The Morgan fingerprint density at radius 2 is 1.85 bits per heavy atom. The van der Waals surface area contributed by atoms with Gasteiger partial charge in [-0.25, -0.2) is 0 Å². The van der Waals surface area contributed by atoms with Gasteiger partial charge in [-0.15, -0.1) is 0 Å². The first kappa shape index (κ1) is 19.1. The second-order valence-electron chi connectivity index (χ2n) is 6.93. The van der Waals surface area contributed by atoms with Gasteiger partial charge < -0.3 is 14.6 Å². The number of aromatic nitrogens is 1. The van der Waals surface area contributed by atoms with E-state index in [-0.39, 0.29) is 11.9 Å². The summed E-state index contributed by atoms with van der Waals surface area (Å²) in [5.41, 5.74) is 3.07. The van der Waals surface area contributed by atoms with Gasteiger partial charge in [0.2, 0.25) is 0 Å². The minimum absolute atomic E-state index is 0.0539. The lowest BCUT2D eigenvalue weighted by molar-refractivity contribution is 0.0342. The molecule has 1 aliphatic rings. The summed E-state index contributed by atoms with van der Waals surface area (Å²) in [5.74, 6) is -0.0539. The van der Waals surface area contributed by atoms with Crippen molar-refractivity contribution >= 4 is 21.8 Å². The molecular weight excluding hydrogens is 394 g/mol. The molecule has 3 rings (SSSR count). The monoisotopic (exact) mass is 419 g/mol. The summed E-state index contributed by atoms with van der Waals surface area (Å²) in [4.78, 5) is 14.9. The number of nitrogens with one attached hydrogen (secondary N) is 1. The van der Waals surface area contributed by atoms with Crippen LogP contribution in [-0.2, 0) is 17.8 Å². The lowest BCUT2D eigenvalue weighted by atomic mass is 10.1. The fourth-order valence-electron chi connectivity index (χ4n) is 3.11. The SMILES string of the molecule is CC(C)n1cc(Br)cc1C(=O)NCc1ccc(CN2CCOCC2)cc1.